The summed E-state index contributed by atoms with van der Waals surface area (Å²) in [4.78, 5) is 1.62. The van der Waals surface area contributed by atoms with Crippen molar-refractivity contribution in [2.24, 2.45) is 11.7 Å². The lowest BCUT2D eigenvalue weighted by atomic mass is 9.94. The standard InChI is InChI=1S/C9H17F3N2O/c1-6-4-14(3-2-7(6)13)5-8(15)9(10,11)12/h6-8,15H,2-5,13H2,1H3. The normalized spacial score (nSPS) is 31.6. The lowest BCUT2D eigenvalue weighted by molar-refractivity contribution is -0.209. The smallest absolute Gasteiger partial charge is 0.382 e. The Morgan fingerprint density at radius 3 is 2.60 bits per heavy atom. The number of halogens is 3. The van der Waals surface area contributed by atoms with Crippen LogP contribution in [0.25, 0.3) is 0 Å². The van der Waals surface area contributed by atoms with E-state index in [0.717, 1.165) is 0 Å². The van der Waals surface area contributed by atoms with E-state index in [1.165, 1.54) is 0 Å². The van der Waals surface area contributed by atoms with Crippen molar-refractivity contribution in [2.45, 2.75) is 31.7 Å². The zero-order valence-electron chi connectivity index (χ0n) is 8.67. The number of β-amino-alcohol motifs (C(OH)–C–C–N with tert-alkyl or cyclic N) is 1. The Morgan fingerprint density at radius 1 is 1.53 bits per heavy atom. The van der Waals surface area contributed by atoms with Gasteiger partial charge in [-0.15, -0.1) is 0 Å². The molecule has 1 rings (SSSR count). The fourth-order valence-electron chi connectivity index (χ4n) is 1.76. The summed E-state index contributed by atoms with van der Waals surface area (Å²) in [5.41, 5.74) is 5.75. The number of piperidine rings is 1. The highest BCUT2D eigenvalue weighted by Gasteiger charge is 2.39. The number of hydrogen-bond acceptors (Lipinski definition) is 3. The van der Waals surface area contributed by atoms with Gasteiger partial charge in [-0.1, -0.05) is 6.92 Å². The van der Waals surface area contributed by atoms with E-state index in [4.69, 9.17) is 10.8 Å². The molecular weight excluding hydrogens is 209 g/mol. The summed E-state index contributed by atoms with van der Waals surface area (Å²) < 4.78 is 36.2. The summed E-state index contributed by atoms with van der Waals surface area (Å²) in [6.45, 7) is 2.62. The Labute approximate surface area is 87.0 Å². The molecule has 3 nitrogen and oxygen atoms in total. The Balaban J connectivity index is 2.40. The molecule has 1 heterocycles. The van der Waals surface area contributed by atoms with Crippen molar-refractivity contribution in [3.8, 4) is 0 Å². The molecule has 0 aromatic heterocycles. The highest BCUT2D eigenvalue weighted by molar-refractivity contribution is 4.82. The van der Waals surface area contributed by atoms with Crippen LogP contribution in [0.1, 0.15) is 13.3 Å². The van der Waals surface area contributed by atoms with E-state index < -0.39 is 12.3 Å². The molecule has 0 aromatic rings. The summed E-state index contributed by atoms with van der Waals surface area (Å²) >= 11 is 0. The Bertz CT molecular complexity index is 210. The minimum Gasteiger partial charge on any atom is -0.382 e. The Kier molecular flexibility index (Phi) is 3.97. The van der Waals surface area contributed by atoms with Gasteiger partial charge in [-0.2, -0.15) is 13.2 Å². The van der Waals surface area contributed by atoms with Crippen LogP contribution in [-0.2, 0) is 0 Å². The average molecular weight is 226 g/mol. The molecule has 0 bridgehead atoms. The molecule has 0 aliphatic carbocycles. The van der Waals surface area contributed by atoms with Crippen LogP contribution in [0.4, 0.5) is 13.2 Å². The van der Waals surface area contributed by atoms with E-state index in [9.17, 15) is 13.2 Å². The van der Waals surface area contributed by atoms with Crippen LogP contribution in [0.3, 0.4) is 0 Å². The zero-order chi connectivity index (χ0) is 11.6. The van der Waals surface area contributed by atoms with Gasteiger partial charge in [0, 0.05) is 19.1 Å². The second kappa shape index (κ2) is 4.67. The van der Waals surface area contributed by atoms with Crippen LogP contribution < -0.4 is 5.73 Å². The maximum Gasteiger partial charge on any atom is 0.415 e. The van der Waals surface area contributed by atoms with Crippen molar-refractivity contribution in [3.63, 3.8) is 0 Å². The summed E-state index contributed by atoms with van der Waals surface area (Å²) in [7, 11) is 0. The molecular formula is C9H17F3N2O. The molecule has 0 radical (unpaired) electrons. The molecule has 0 spiro atoms. The Hall–Kier alpha value is -0.330. The molecule has 0 aromatic carbocycles. The molecule has 3 N–H and O–H groups in total. The van der Waals surface area contributed by atoms with Gasteiger partial charge in [0.1, 0.15) is 0 Å². The largest absolute Gasteiger partial charge is 0.415 e. The van der Waals surface area contributed by atoms with Crippen LogP contribution in [-0.4, -0.2) is 48.0 Å². The van der Waals surface area contributed by atoms with Crippen LogP contribution in [0.5, 0.6) is 0 Å². The fourth-order valence-corrected chi connectivity index (χ4v) is 1.76. The number of rotatable bonds is 2. The van der Waals surface area contributed by atoms with E-state index in [1.54, 1.807) is 4.90 Å². The lowest BCUT2D eigenvalue weighted by Crippen LogP contribution is -2.50. The highest BCUT2D eigenvalue weighted by atomic mass is 19.4. The number of alkyl halides is 3. The quantitative estimate of drug-likeness (QED) is 0.724. The summed E-state index contributed by atoms with van der Waals surface area (Å²) in [6, 6.07) is 0.0595. The monoisotopic (exact) mass is 226 g/mol. The van der Waals surface area contributed by atoms with Gasteiger partial charge in [0.25, 0.3) is 0 Å². The van der Waals surface area contributed by atoms with E-state index in [2.05, 4.69) is 0 Å². The van der Waals surface area contributed by atoms with Crippen molar-refractivity contribution >= 4 is 0 Å². The molecule has 3 unspecified atom stereocenters. The minimum atomic E-state index is -4.52. The minimum absolute atomic E-state index is 0.0595. The highest BCUT2D eigenvalue weighted by Crippen LogP contribution is 2.22. The van der Waals surface area contributed by atoms with Gasteiger partial charge in [0.05, 0.1) is 0 Å². The predicted molar refractivity (Wildman–Crippen MR) is 50.3 cm³/mol. The van der Waals surface area contributed by atoms with E-state index >= 15 is 0 Å². The number of nitrogens with zero attached hydrogens (tertiary/aromatic N) is 1. The second-order valence-corrected chi connectivity index (χ2v) is 4.25. The van der Waals surface area contributed by atoms with Gasteiger partial charge in [-0.3, -0.25) is 0 Å². The van der Waals surface area contributed by atoms with E-state index in [1.807, 2.05) is 6.92 Å². The van der Waals surface area contributed by atoms with E-state index in [-0.39, 0.29) is 18.5 Å². The number of nitrogens with two attached hydrogens (primary N) is 1. The molecule has 1 aliphatic rings. The van der Waals surface area contributed by atoms with Gasteiger partial charge in [-0.25, -0.2) is 0 Å². The van der Waals surface area contributed by atoms with Gasteiger partial charge >= 0.3 is 6.18 Å². The molecule has 0 saturated carbocycles. The van der Waals surface area contributed by atoms with Crippen molar-refractivity contribution in [1.82, 2.24) is 4.90 Å². The maximum absolute atomic E-state index is 12.1. The number of aliphatic hydroxyl groups is 1. The first-order valence-corrected chi connectivity index (χ1v) is 5.03. The molecule has 0 amide bonds. The number of hydrogen-bond donors (Lipinski definition) is 2. The van der Waals surface area contributed by atoms with Crippen LogP contribution in [0, 0.1) is 5.92 Å². The molecule has 90 valence electrons. The number of aliphatic hydroxyl groups excluding tert-OH is 1. The van der Waals surface area contributed by atoms with Crippen molar-refractivity contribution in [3.05, 3.63) is 0 Å². The zero-order valence-corrected chi connectivity index (χ0v) is 8.67. The van der Waals surface area contributed by atoms with Gasteiger partial charge in [0.2, 0.25) is 0 Å². The van der Waals surface area contributed by atoms with Gasteiger partial charge in [0.15, 0.2) is 6.10 Å². The third kappa shape index (κ3) is 3.62. The van der Waals surface area contributed by atoms with Crippen molar-refractivity contribution < 1.29 is 18.3 Å². The first kappa shape index (κ1) is 12.7. The van der Waals surface area contributed by atoms with Crippen LogP contribution >= 0.6 is 0 Å². The maximum atomic E-state index is 12.1. The van der Waals surface area contributed by atoms with Crippen LogP contribution in [0.2, 0.25) is 0 Å². The van der Waals surface area contributed by atoms with Crippen LogP contribution in [0.15, 0.2) is 0 Å². The first-order valence-electron chi connectivity index (χ1n) is 5.03. The van der Waals surface area contributed by atoms with Gasteiger partial charge < -0.3 is 15.7 Å². The molecule has 6 heteroatoms. The Morgan fingerprint density at radius 2 is 2.13 bits per heavy atom. The predicted octanol–water partition coefficient (Wildman–Crippen LogP) is 0.579. The average Bonchev–Trinajstić information content (AvgIpc) is 2.10. The fraction of sp³-hybridized carbons (Fsp3) is 1.00. The summed E-state index contributed by atoms with van der Waals surface area (Å²) in [6.07, 6.45) is -6.09. The summed E-state index contributed by atoms with van der Waals surface area (Å²) in [5.74, 6) is 0.180. The lowest BCUT2D eigenvalue weighted by Gasteiger charge is -2.36. The summed E-state index contributed by atoms with van der Waals surface area (Å²) in [5, 5.41) is 8.89. The van der Waals surface area contributed by atoms with Gasteiger partial charge in [-0.05, 0) is 18.9 Å². The third-order valence-corrected chi connectivity index (χ3v) is 2.86. The SMILES string of the molecule is CC1CN(CC(O)C(F)(F)F)CCC1N. The molecule has 1 saturated heterocycles. The molecule has 1 fully saturated rings. The van der Waals surface area contributed by atoms with Crippen molar-refractivity contribution in [2.75, 3.05) is 19.6 Å². The third-order valence-electron chi connectivity index (χ3n) is 2.86. The molecule has 15 heavy (non-hydrogen) atoms. The first-order chi connectivity index (χ1) is 6.80. The molecule has 3 atom stereocenters. The topological polar surface area (TPSA) is 49.5 Å². The number of likely N-dealkylation sites (tertiary alicyclic amines) is 1. The van der Waals surface area contributed by atoms with E-state index in [0.29, 0.717) is 19.5 Å². The van der Waals surface area contributed by atoms with Crippen molar-refractivity contribution in [1.29, 1.82) is 0 Å². The second-order valence-electron chi connectivity index (χ2n) is 4.25. The molecule has 1 aliphatic heterocycles.